The molecule has 0 aliphatic heterocycles. The van der Waals surface area contributed by atoms with E-state index in [1.54, 1.807) is 20.3 Å². The zero-order valence-corrected chi connectivity index (χ0v) is 19.9. The highest BCUT2D eigenvalue weighted by molar-refractivity contribution is 6.12. The Bertz CT molecular complexity index is 841. The van der Waals surface area contributed by atoms with Gasteiger partial charge in [0.1, 0.15) is 11.5 Å². The van der Waals surface area contributed by atoms with Crippen LogP contribution in [0.2, 0.25) is 0 Å². The molecule has 0 unspecified atom stereocenters. The van der Waals surface area contributed by atoms with Crippen LogP contribution in [0.15, 0.2) is 47.0 Å². The molecule has 0 radical (unpaired) electrons. The van der Waals surface area contributed by atoms with Gasteiger partial charge in [-0.2, -0.15) is 0 Å². The molecule has 0 bridgehead atoms. The fourth-order valence-electron chi connectivity index (χ4n) is 4.02. The van der Waals surface area contributed by atoms with Crippen LogP contribution in [-0.2, 0) is 9.63 Å². The lowest BCUT2D eigenvalue weighted by Gasteiger charge is -2.28. The number of hydrazine groups is 1. The first kappa shape index (κ1) is 26.1. The van der Waals surface area contributed by atoms with E-state index in [0.717, 1.165) is 42.5 Å². The summed E-state index contributed by atoms with van der Waals surface area (Å²) in [5.74, 6) is 6.27. The highest BCUT2D eigenvalue weighted by atomic mass is 16.6. The number of aromatic nitrogens is 1. The molecule has 182 valence electrons. The van der Waals surface area contributed by atoms with Gasteiger partial charge in [0.05, 0.1) is 18.4 Å². The molecule has 1 aliphatic rings. The number of carbonyl (C=O) groups is 1. The maximum Gasteiger partial charge on any atom is 0.270 e. The maximum absolute atomic E-state index is 12.7. The number of allylic oxidation sites excluding steroid dienone is 1. The molecule has 10 nitrogen and oxygen atoms in total. The third kappa shape index (κ3) is 7.76. The van der Waals surface area contributed by atoms with Crippen LogP contribution in [-0.4, -0.2) is 48.4 Å². The van der Waals surface area contributed by atoms with Gasteiger partial charge in [0.2, 0.25) is 0 Å². The van der Waals surface area contributed by atoms with Gasteiger partial charge in [-0.15, -0.1) is 0 Å². The molecule has 0 spiro atoms. The Hall–Kier alpha value is -3.11. The summed E-state index contributed by atoms with van der Waals surface area (Å²) in [4.78, 5) is 27.1. The topological polar surface area (TPSA) is 157 Å². The Morgan fingerprint density at radius 3 is 2.48 bits per heavy atom. The van der Waals surface area contributed by atoms with Crippen molar-refractivity contribution in [3.63, 3.8) is 0 Å². The number of nitrogens with one attached hydrogen (secondary N) is 2. The van der Waals surface area contributed by atoms with Crippen LogP contribution in [0, 0.1) is 5.92 Å². The van der Waals surface area contributed by atoms with E-state index >= 15 is 0 Å². The van der Waals surface area contributed by atoms with Crippen LogP contribution < -0.4 is 28.1 Å². The first-order valence-electron chi connectivity index (χ1n) is 11.3. The number of nitrogens with zero attached hydrogens (tertiary/aromatic N) is 3. The molecule has 1 amide bonds. The highest BCUT2D eigenvalue weighted by Gasteiger charge is 2.26. The lowest BCUT2D eigenvalue weighted by atomic mass is 9.92. The number of rotatable bonds is 10. The fraction of sp³-hybridized carbons (Fsp3) is 0.522. The van der Waals surface area contributed by atoms with E-state index in [2.05, 4.69) is 20.8 Å². The van der Waals surface area contributed by atoms with Crippen LogP contribution in [0.4, 0.5) is 5.82 Å². The Balaban J connectivity index is 2.03. The number of carbonyl (C=O) groups excluding carboxylic acids is 1. The van der Waals surface area contributed by atoms with Gasteiger partial charge in [-0.05, 0) is 49.6 Å². The van der Waals surface area contributed by atoms with Crippen molar-refractivity contribution < 1.29 is 9.63 Å². The molecule has 2 rings (SSSR count). The predicted molar refractivity (Wildman–Crippen MR) is 132 cm³/mol. The quantitative estimate of drug-likeness (QED) is 0.117. The van der Waals surface area contributed by atoms with Crippen molar-refractivity contribution in [3.8, 4) is 0 Å². The summed E-state index contributed by atoms with van der Waals surface area (Å²) in [6.45, 7) is 2.18. The molecular formula is C23H38N8O2. The molecule has 1 aliphatic carbocycles. The van der Waals surface area contributed by atoms with Gasteiger partial charge in [-0.1, -0.05) is 25.7 Å². The molecule has 1 saturated carbocycles. The van der Waals surface area contributed by atoms with Gasteiger partial charge in [-0.25, -0.2) is 16.3 Å². The average Bonchev–Trinajstić information content (AvgIpc) is 3.09. The first-order chi connectivity index (χ1) is 15.9. The lowest BCUT2D eigenvalue weighted by Crippen LogP contribution is -2.47. The van der Waals surface area contributed by atoms with Crippen LogP contribution >= 0.6 is 0 Å². The monoisotopic (exact) mass is 458 g/mol. The molecule has 1 atom stereocenters. The summed E-state index contributed by atoms with van der Waals surface area (Å²) in [5, 5.41) is 4.26. The van der Waals surface area contributed by atoms with E-state index in [0.29, 0.717) is 11.7 Å². The van der Waals surface area contributed by atoms with Crippen LogP contribution in [0.3, 0.4) is 0 Å². The van der Waals surface area contributed by atoms with E-state index in [9.17, 15) is 4.79 Å². The van der Waals surface area contributed by atoms with Gasteiger partial charge in [-0.3, -0.25) is 14.6 Å². The van der Waals surface area contributed by atoms with Crippen LogP contribution in [0.1, 0.15) is 51.0 Å². The number of amides is 1. The van der Waals surface area contributed by atoms with E-state index in [4.69, 9.17) is 22.1 Å². The molecule has 8 N–H and O–H groups in total. The van der Waals surface area contributed by atoms with Crippen molar-refractivity contribution in [2.45, 2.75) is 51.5 Å². The molecule has 33 heavy (non-hydrogen) atoms. The van der Waals surface area contributed by atoms with Gasteiger partial charge in [0, 0.05) is 32.1 Å². The summed E-state index contributed by atoms with van der Waals surface area (Å²) >= 11 is 0. The van der Waals surface area contributed by atoms with Crippen LogP contribution in [0.25, 0.3) is 0 Å². The fourth-order valence-corrected chi connectivity index (χ4v) is 4.02. The highest BCUT2D eigenvalue weighted by Crippen LogP contribution is 2.26. The zero-order valence-electron chi connectivity index (χ0n) is 19.9. The average molecular weight is 459 g/mol. The van der Waals surface area contributed by atoms with Crippen molar-refractivity contribution in [3.05, 3.63) is 47.6 Å². The molecular weight excluding hydrogens is 420 g/mol. The SMILES string of the molecule is CN=C(/C(C)=C\N)c1ccc(NOC[C@@H](NC(=O)/C(=C/N)N(C)N)C2CCCCCC2)nc1. The Kier molecular flexibility index (Phi) is 10.6. The summed E-state index contributed by atoms with van der Waals surface area (Å²) in [6.07, 6.45) is 11.2. The second kappa shape index (κ2) is 13.4. The Labute approximate surface area is 196 Å². The number of likely N-dealkylation sites (N-methyl/N-ethyl adjacent to an activating group) is 1. The second-order valence-corrected chi connectivity index (χ2v) is 8.26. The number of hydrogen-bond acceptors (Lipinski definition) is 9. The minimum Gasteiger partial charge on any atom is -0.404 e. The summed E-state index contributed by atoms with van der Waals surface area (Å²) in [5.41, 5.74) is 16.8. The van der Waals surface area contributed by atoms with Gasteiger partial charge in [0.25, 0.3) is 5.91 Å². The largest absolute Gasteiger partial charge is 0.404 e. The minimum absolute atomic E-state index is 0.187. The summed E-state index contributed by atoms with van der Waals surface area (Å²) < 4.78 is 0. The summed E-state index contributed by atoms with van der Waals surface area (Å²) in [6, 6.07) is 3.52. The smallest absolute Gasteiger partial charge is 0.270 e. The molecule has 1 aromatic rings. The molecule has 1 fully saturated rings. The maximum atomic E-state index is 12.7. The third-order valence-electron chi connectivity index (χ3n) is 5.88. The van der Waals surface area contributed by atoms with Crippen molar-refractivity contribution in [2.75, 3.05) is 26.2 Å². The number of aliphatic imine (C=N–C) groups is 1. The van der Waals surface area contributed by atoms with E-state index < -0.39 is 0 Å². The Morgan fingerprint density at radius 2 is 1.97 bits per heavy atom. The van der Waals surface area contributed by atoms with E-state index in [-0.39, 0.29) is 24.3 Å². The first-order valence-corrected chi connectivity index (χ1v) is 11.3. The van der Waals surface area contributed by atoms with Gasteiger partial charge in [0.15, 0.2) is 0 Å². The Morgan fingerprint density at radius 1 is 1.27 bits per heavy atom. The minimum atomic E-state index is -0.322. The lowest BCUT2D eigenvalue weighted by molar-refractivity contribution is -0.120. The van der Waals surface area contributed by atoms with E-state index in [1.807, 2.05) is 19.1 Å². The summed E-state index contributed by atoms with van der Waals surface area (Å²) in [7, 11) is 3.29. The number of hydrogen-bond donors (Lipinski definition) is 5. The molecule has 0 aromatic carbocycles. The second-order valence-electron chi connectivity index (χ2n) is 8.26. The van der Waals surface area contributed by atoms with Gasteiger partial charge < -0.3 is 21.8 Å². The van der Waals surface area contributed by atoms with Crippen molar-refractivity contribution >= 4 is 17.4 Å². The van der Waals surface area contributed by atoms with Crippen LogP contribution in [0.5, 0.6) is 0 Å². The zero-order chi connectivity index (χ0) is 24.2. The van der Waals surface area contributed by atoms with Crippen molar-refractivity contribution in [2.24, 2.45) is 28.2 Å². The van der Waals surface area contributed by atoms with E-state index in [1.165, 1.54) is 30.3 Å². The number of anilines is 1. The third-order valence-corrected chi connectivity index (χ3v) is 5.88. The molecule has 1 aromatic heterocycles. The van der Waals surface area contributed by atoms with Crippen molar-refractivity contribution in [1.29, 1.82) is 0 Å². The standard InChI is InChI=1S/C23H38N8O2/c1-16(12-24)22(27-2)18-10-11-21(28-14-18)30-33-15-19(17-8-6-4-5-7-9-17)29-23(32)20(13-25)31(3)26/h10-14,17,19H,4-9,15,24-26H2,1-3H3,(H,28,30)(H,29,32)/b16-12-,20-13-,27-22?/t19-/m1/s1. The number of pyridine rings is 1. The molecule has 0 saturated heterocycles. The molecule has 10 heteroatoms. The normalized spacial score (nSPS) is 17.3. The van der Waals surface area contributed by atoms with Crippen molar-refractivity contribution in [1.82, 2.24) is 15.3 Å². The predicted octanol–water partition coefficient (Wildman–Crippen LogP) is 1.77. The van der Waals surface area contributed by atoms with Gasteiger partial charge >= 0.3 is 0 Å². The number of nitrogens with two attached hydrogens (primary N) is 3. The molecule has 1 heterocycles.